The molecule has 0 N–H and O–H groups in total. The minimum absolute atomic E-state index is 0.187. The second-order valence-electron chi connectivity index (χ2n) is 5.69. The molecule has 1 aromatic rings. The second-order valence-corrected chi connectivity index (χ2v) is 10.5. The lowest BCUT2D eigenvalue weighted by atomic mass is 10.2. The van der Waals surface area contributed by atoms with E-state index < -0.39 is 8.32 Å². The van der Waals surface area contributed by atoms with E-state index in [1.807, 2.05) is 6.07 Å². The minimum Gasteiger partial charge on any atom is -0.413 e. The van der Waals surface area contributed by atoms with Crippen molar-refractivity contribution in [3.8, 4) is 6.07 Å². The molecule has 1 heterocycles. The molecular formula is C13H20N2OSi. The van der Waals surface area contributed by atoms with Crippen molar-refractivity contribution in [2.45, 2.75) is 45.5 Å². The Labute approximate surface area is 105 Å². The molecule has 0 fully saturated rings. The first-order chi connectivity index (χ1) is 7.78. The summed E-state index contributed by atoms with van der Waals surface area (Å²) in [5.41, 5.74) is 1.53. The Bertz CT molecular complexity index is 430. The zero-order chi connectivity index (χ0) is 13.1. The van der Waals surface area contributed by atoms with Crippen molar-refractivity contribution >= 4 is 8.32 Å². The number of hydrogen-bond donors (Lipinski definition) is 0. The maximum Gasteiger partial charge on any atom is 0.192 e. The molecule has 4 heteroatoms. The third-order valence-corrected chi connectivity index (χ3v) is 7.90. The third kappa shape index (κ3) is 3.38. The van der Waals surface area contributed by atoms with Crippen LogP contribution in [0.25, 0.3) is 0 Å². The van der Waals surface area contributed by atoms with Crippen LogP contribution in [0.15, 0.2) is 18.5 Å². The normalized spacial score (nSPS) is 12.2. The Hall–Kier alpha value is -1.18. The van der Waals surface area contributed by atoms with Gasteiger partial charge in [0.1, 0.15) is 6.07 Å². The smallest absolute Gasteiger partial charge is 0.192 e. The molecule has 0 radical (unpaired) electrons. The number of nitrogens with zero attached hydrogens (tertiary/aromatic N) is 2. The average Bonchev–Trinajstić information content (AvgIpc) is 2.25. The molecule has 3 nitrogen and oxygen atoms in total. The van der Waals surface area contributed by atoms with Gasteiger partial charge in [-0.05, 0) is 29.8 Å². The third-order valence-electron chi connectivity index (χ3n) is 3.43. The van der Waals surface area contributed by atoms with Crippen LogP contribution >= 0.6 is 0 Å². The largest absolute Gasteiger partial charge is 0.413 e. The van der Waals surface area contributed by atoms with Crippen LogP contribution in [0.3, 0.4) is 0 Å². The van der Waals surface area contributed by atoms with E-state index in [0.29, 0.717) is 12.2 Å². The van der Waals surface area contributed by atoms with Gasteiger partial charge < -0.3 is 4.43 Å². The highest BCUT2D eigenvalue weighted by Gasteiger charge is 2.37. The molecule has 0 aromatic carbocycles. The van der Waals surface area contributed by atoms with Gasteiger partial charge >= 0.3 is 0 Å². The quantitative estimate of drug-likeness (QED) is 0.769. The van der Waals surface area contributed by atoms with Gasteiger partial charge in [-0.1, -0.05) is 20.8 Å². The second kappa shape index (κ2) is 4.99. The van der Waals surface area contributed by atoms with Gasteiger partial charge in [0.05, 0.1) is 12.2 Å². The SMILES string of the molecule is CC(C)(C)[Si](C)(C)OCc1ccncc1C#N. The fraction of sp³-hybridized carbons (Fsp3) is 0.538. The summed E-state index contributed by atoms with van der Waals surface area (Å²) in [5.74, 6) is 0. The summed E-state index contributed by atoms with van der Waals surface area (Å²) < 4.78 is 6.08. The Balaban J connectivity index is 2.78. The van der Waals surface area contributed by atoms with Crippen LogP contribution in [-0.2, 0) is 11.0 Å². The highest BCUT2D eigenvalue weighted by molar-refractivity contribution is 6.74. The van der Waals surface area contributed by atoms with E-state index in [4.69, 9.17) is 9.69 Å². The summed E-state index contributed by atoms with van der Waals surface area (Å²) in [6.07, 6.45) is 3.29. The number of hydrogen-bond acceptors (Lipinski definition) is 3. The van der Waals surface area contributed by atoms with Gasteiger partial charge in [0, 0.05) is 12.4 Å². The molecular weight excluding hydrogens is 228 g/mol. The van der Waals surface area contributed by atoms with E-state index in [0.717, 1.165) is 5.56 Å². The molecule has 0 atom stereocenters. The molecule has 1 rings (SSSR count). The Morgan fingerprint density at radius 2 is 2.06 bits per heavy atom. The van der Waals surface area contributed by atoms with E-state index in [1.165, 1.54) is 0 Å². The van der Waals surface area contributed by atoms with E-state index in [-0.39, 0.29) is 5.04 Å². The van der Waals surface area contributed by atoms with Crippen LogP contribution < -0.4 is 0 Å². The van der Waals surface area contributed by atoms with Crippen molar-refractivity contribution in [2.24, 2.45) is 0 Å². The molecule has 92 valence electrons. The van der Waals surface area contributed by atoms with Crippen LogP contribution in [0.5, 0.6) is 0 Å². The molecule has 0 aliphatic rings. The molecule has 0 saturated heterocycles. The molecule has 0 unspecified atom stereocenters. The maximum absolute atomic E-state index is 8.97. The van der Waals surface area contributed by atoms with Crippen LogP contribution in [0.1, 0.15) is 31.9 Å². The van der Waals surface area contributed by atoms with Crippen molar-refractivity contribution in [1.82, 2.24) is 4.98 Å². The molecule has 0 spiro atoms. The Morgan fingerprint density at radius 1 is 1.41 bits per heavy atom. The van der Waals surface area contributed by atoms with Crippen LogP contribution in [-0.4, -0.2) is 13.3 Å². The van der Waals surface area contributed by atoms with E-state index in [1.54, 1.807) is 12.4 Å². The molecule has 1 aromatic heterocycles. The molecule has 0 bridgehead atoms. The molecule has 0 aliphatic heterocycles. The Morgan fingerprint density at radius 3 is 2.59 bits per heavy atom. The molecule has 0 amide bonds. The highest BCUT2D eigenvalue weighted by atomic mass is 28.4. The van der Waals surface area contributed by atoms with Gasteiger partial charge in [-0.15, -0.1) is 0 Å². The first-order valence-electron chi connectivity index (χ1n) is 5.75. The fourth-order valence-electron chi connectivity index (χ4n) is 1.12. The van der Waals surface area contributed by atoms with Gasteiger partial charge in [0.2, 0.25) is 0 Å². The lowest BCUT2D eigenvalue weighted by molar-refractivity contribution is 0.276. The topological polar surface area (TPSA) is 45.9 Å². The van der Waals surface area contributed by atoms with Gasteiger partial charge in [-0.2, -0.15) is 5.26 Å². The summed E-state index contributed by atoms with van der Waals surface area (Å²) in [7, 11) is -1.75. The van der Waals surface area contributed by atoms with Crippen LogP contribution in [0.4, 0.5) is 0 Å². The zero-order valence-corrected chi connectivity index (χ0v) is 12.2. The standard InChI is InChI=1S/C13H20N2OSi/c1-13(2,3)17(4,5)16-10-11-6-7-15-9-12(11)8-14/h6-7,9H,10H2,1-5H3. The first-order valence-corrected chi connectivity index (χ1v) is 8.66. The van der Waals surface area contributed by atoms with Gasteiger partial charge in [-0.25, -0.2) is 0 Å². The summed E-state index contributed by atoms with van der Waals surface area (Å²) >= 11 is 0. The summed E-state index contributed by atoms with van der Waals surface area (Å²) in [6, 6.07) is 4.00. The van der Waals surface area contributed by atoms with Gasteiger partial charge in [-0.3, -0.25) is 4.98 Å². The van der Waals surface area contributed by atoms with Crippen LogP contribution in [0, 0.1) is 11.3 Å². The monoisotopic (exact) mass is 248 g/mol. The van der Waals surface area contributed by atoms with Crippen molar-refractivity contribution < 1.29 is 4.43 Å². The van der Waals surface area contributed by atoms with Crippen molar-refractivity contribution in [2.75, 3.05) is 0 Å². The van der Waals surface area contributed by atoms with Gasteiger partial charge in [0.25, 0.3) is 0 Å². The lowest BCUT2D eigenvalue weighted by Crippen LogP contribution is -2.40. The average molecular weight is 248 g/mol. The van der Waals surface area contributed by atoms with Gasteiger partial charge in [0.15, 0.2) is 8.32 Å². The predicted octanol–water partition coefficient (Wildman–Crippen LogP) is 3.48. The number of pyridine rings is 1. The van der Waals surface area contributed by atoms with Crippen molar-refractivity contribution in [3.05, 3.63) is 29.6 Å². The van der Waals surface area contributed by atoms with Crippen molar-refractivity contribution in [1.29, 1.82) is 5.26 Å². The van der Waals surface area contributed by atoms with Crippen molar-refractivity contribution in [3.63, 3.8) is 0 Å². The summed E-state index contributed by atoms with van der Waals surface area (Å²) in [5, 5.41) is 9.16. The number of rotatable bonds is 3. The molecule has 17 heavy (non-hydrogen) atoms. The first kappa shape index (κ1) is 13.9. The van der Waals surface area contributed by atoms with E-state index in [9.17, 15) is 0 Å². The highest BCUT2D eigenvalue weighted by Crippen LogP contribution is 2.37. The minimum atomic E-state index is -1.75. The zero-order valence-electron chi connectivity index (χ0n) is 11.2. The van der Waals surface area contributed by atoms with Crippen LogP contribution in [0.2, 0.25) is 18.1 Å². The van der Waals surface area contributed by atoms with E-state index in [2.05, 4.69) is 44.9 Å². The Kier molecular flexibility index (Phi) is 4.07. The van der Waals surface area contributed by atoms with E-state index >= 15 is 0 Å². The lowest BCUT2D eigenvalue weighted by Gasteiger charge is -2.36. The summed E-state index contributed by atoms with van der Waals surface area (Å²) in [6.45, 7) is 11.5. The number of nitriles is 1. The fourth-order valence-corrected chi connectivity index (χ4v) is 2.07. The molecule has 0 aliphatic carbocycles. The molecule has 0 saturated carbocycles. The number of aromatic nitrogens is 1. The predicted molar refractivity (Wildman–Crippen MR) is 70.9 cm³/mol. The maximum atomic E-state index is 8.97. The summed E-state index contributed by atoms with van der Waals surface area (Å²) in [4.78, 5) is 3.94.